The van der Waals surface area contributed by atoms with Gasteiger partial charge in [-0.15, -0.1) is 0 Å². The molecule has 0 bridgehead atoms. The Labute approximate surface area is 152 Å². The van der Waals surface area contributed by atoms with Gasteiger partial charge in [0.15, 0.2) is 0 Å². The van der Waals surface area contributed by atoms with Gasteiger partial charge in [-0.2, -0.15) is 8.42 Å². The van der Waals surface area contributed by atoms with E-state index in [-0.39, 0.29) is 4.90 Å². The fourth-order valence-corrected chi connectivity index (χ4v) is 3.16. The minimum atomic E-state index is -4.09. The number of anilines is 1. The molecule has 26 heavy (non-hydrogen) atoms. The van der Waals surface area contributed by atoms with Crippen LogP contribution >= 0.6 is 0 Å². The Balaban J connectivity index is 0.000000152. The van der Waals surface area contributed by atoms with Gasteiger partial charge in [0.05, 0.1) is 4.90 Å². The van der Waals surface area contributed by atoms with Crippen molar-refractivity contribution < 1.29 is 13.0 Å². The molecular weight excluding hydrogens is 352 g/mol. The first-order valence-corrected chi connectivity index (χ1v) is 9.67. The molecule has 1 aliphatic rings. The zero-order valence-electron chi connectivity index (χ0n) is 14.1. The molecule has 0 atom stereocenters. The lowest BCUT2D eigenvalue weighted by Gasteiger charge is -2.26. The van der Waals surface area contributed by atoms with Crippen molar-refractivity contribution in [2.45, 2.75) is 4.90 Å². The summed E-state index contributed by atoms with van der Waals surface area (Å²) >= 11 is 0. The van der Waals surface area contributed by atoms with Crippen molar-refractivity contribution in [3.63, 3.8) is 0 Å². The SMILES string of the molecule is O=S(=O)(O)c1ccc2ccccc2c1.c1cnc(N2CCNCC2)nc1. The van der Waals surface area contributed by atoms with E-state index in [0.717, 1.165) is 42.9 Å². The van der Waals surface area contributed by atoms with Gasteiger partial charge in [-0.05, 0) is 29.0 Å². The first-order valence-electron chi connectivity index (χ1n) is 8.23. The van der Waals surface area contributed by atoms with Crippen LogP contribution in [0.4, 0.5) is 5.95 Å². The lowest BCUT2D eigenvalue weighted by atomic mass is 10.1. The van der Waals surface area contributed by atoms with Crippen molar-refractivity contribution in [1.29, 1.82) is 0 Å². The first kappa shape index (κ1) is 18.2. The fourth-order valence-electron chi connectivity index (χ4n) is 2.65. The standard InChI is InChI=1S/C10H8O3S.C8H12N4/c11-14(12,13)10-6-5-8-3-1-2-4-9(8)7-10;1-2-10-8(11-3-1)12-6-4-9-5-7-12/h1-7H,(H,11,12,13);1-3,9H,4-7H2. The molecule has 2 N–H and O–H groups in total. The van der Waals surface area contributed by atoms with Crippen LogP contribution in [0.3, 0.4) is 0 Å². The maximum absolute atomic E-state index is 10.8. The summed E-state index contributed by atoms with van der Waals surface area (Å²) in [5, 5.41) is 5.03. The lowest BCUT2D eigenvalue weighted by molar-refractivity contribution is 0.483. The molecule has 1 aromatic heterocycles. The highest BCUT2D eigenvalue weighted by molar-refractivity contribution is 7.85. The number of nitrogens with one attached hydrogen (secondary N) is 1. The molecule has 8 heteroatoms. The van der Waals surface area contributed by atoms with E-state index in [0.29, 0.717) is 0 Å². The van der Waals surface area contributed by atoms with E-state index in [1.807, 2.05) is 24.3 Å². The number of hydrogen-bond donors (Lipinski definition) is 2. The first-order chi connectivity index (χ1) is 12.5. The summed E-state index contributed by atoms with van der Waals surface area (Å²) in [6, 6.07) is 13.7. The molecule has 0 spiro atoms. The molecule has 0 aliphatic carbocycles. The molecule has 0 amide bonds. The Bertz CT molecular complexity index is 958. The largest absolute Gasteiger partial charge is 0.338 e. The van der Waals surface area contributed by atoms with Gasteiger partial charge in [0.25, 0.3) is 10.1 Å². The van der Waals surface area contributed by atoms with Crippen LogP contribution in [0.1, 0.15) is 0 Å². The van der Waals surface area contributed by atoms with Gasteiger partial charge in [-0.1, -0.05) is 30.3 Å². The average molecular weight is 372 g/mol. The molecule has 4 rings (SSSR count). The number of benzene rings is 2. The van der Waals surface area contributed by atoms with Crippen molar-refractivity contribution in [2.75, 3.05) is 31.1 Å². The van der Waals surface area contributed by atoms with E-state index in [1.54, 1.807) is 24.5 Å². The van der Waals surface area contributed by atoms with Crippen LogP contribution in [0.5, 0.6) is 0 Å². The maximum atomic E-state index is 10.8. The molecule has 7 nitrogen and oxygen atoms in total. The van der Waals surface area contributed by atoms with E-state index in [1.165, 1.54) is 12.1 Å². The van der Waals surface area contributed by atoms with Crippen molar-refractivity contribution in [3.05, 3.63) is 60.9 Å². The van der Waals surface area contributed by atoms with Crippen LogP contribution in [0.2, 0.25) is 0 Å². The van der Waals surface area contributed by atoms with Crippen LogP contribution in [-0.2, 0) is 10.1 Å². The second-order valence-electron chi connectivity index (χ2n) is 5.77. The Kier molecular flexibility index (Phi) is 5.77. The van der Waals surface area contributed by atoms with E-state index in [2.05, 4.69) is 20.2 Å². The van der Waals surface area contributed by atoms with Crippen molar-refractivity contribution in [2.24, 2.45) is 0 Å². The quantitative estimate of drug-likeness (QED) is 0.664. The van der Waals surface area contributed by atoms with E-state index in [4.69, 9.17) is 4.55 Å². The summed E-state index contributed by atoms with van der Waals surface area (Å²) < 4.78 is 30.5. The molecular formula is C18H20N4O3S. The van der Waals surface area contributed by atoms with Gasteiger partial charge in [0.1, 0.15) is 0 Å². The van der Waals surface area contributed by atoms with Gasteiger partial charge < -0.3 is 10.2 Å². The summed E-state index contributed by atoms with van der Waals surface area (Å²) in [5.41, 5.74) is 0. The van der Waals surface area contributed by atoms with E-state index >= 15 is 0 Å². The number of rotatable bonds is 2. The normalized spacial score (nSPS) is 14.6. The molecule has 1 saturated heterocycles. The molecule has 2 aromatic carbocycles. The molecule has 2 heterocycles. The predicted molar refractivity (Wildman–Crippen MR) is 101 cm³/mol. The second kappa shape index (κ2) is 8.22. The number of hydrogen-bond acceptors (Lipinski definition) is 6. The van der Waals surface area contributed by atoms with Crippen molar-refractivity contribution in [3.8, 4) is 0 Å². The summed E-state index contributed by atoms with van der Waals surface area (Å²) in [6.45, 7) is 4.06. The Morgan fingerprint density at radius 1 is 0.923 bits per heavy atom. The topological polar surface area (TPSA) is 95.4 Å². The van der Waals surface area contributed by atoms with Crippen molar-refractivity contribution >= 4 is 26.8 Å². The third-order valence-electron chi connectivity index (χ3n) is 3.97. The molecule has 3 aromatic rings. The van der Waals surface area contributed by atoms with Crippen LogP contribution in [0.15, 0.2) is 65.8 Å². The molecule has 1 aliphatic heterocycles. The number of piperazine rings is 1. The zero-order valence-corrected chi connectivity index (χ0v) is 14.9. The minimum absolute atomic E-state index is 0.0730. The van der Waals surface area contributed by atoms with Gasteiger partial charge in [0, 0.05) is 38.6 Å². The number of fused-ring (bicyclic) bond motifs is 1. The summed E-state index contributed by atoms with van der Waals surface area (Å²) in [7, 11) is -4.09. The smallest absolute Gasteiger partial charge is 0.294 e. The van der Waals surface area contributed by atoms with Gasteiger partial charge in [0.2, 0.25) is 5.95 Å². The van der Waals surface area contributed by atoms with Crippen LogP contribution in [0.25, 0.3) is 10.8 Å². The van der Waals surface area contributed by atoms with Gasteiger partial charge in [-0.25, -0.2) is 9.97 Å². The second-order valence-corrected chi connectivity index (χ2v) is 7.19. The fraction of sp³-hybridized carbons (Fsp3) is 0.222. The van der Waals surface area contributed by atoms with Crippen molar-refractivity contribution in [1.82, 2.24) is 15.3 Å². The molecule has 0 radical (unpaired) electrons. The highest BCUT2D eigenvalue weighted by Gasteiger charge is 2.11. The molecule has 0 saturated carbocycles. The zero-order chi connectivity index (χ0) is 18.4. The summed E-state index contributed by atoms with van der Waals surface area (Å²) in [5.74, 6) is 0.846. The van der Waals surface area contributed by atoms with Crippen LogP contribution in [-0.4, -0.2) is 49.1 Å². The minimum Gasteiger partial charge on any atom is -0.338 e. The van der Waals surface area contributed by atoms with E-state index in [9.17, 15) is 8.42 Å². The molecule has 1 fully saturated rings. The summed E-state index contributed by atoms with van der Waals surface area (Å²) in [4.78, 5) is 10.5. The predicted octanol–water partition coefficient (Wildman–Crippen LogP) is 1.97. The Hall–Kier alpha value is -2.55. The highest BCUT2D eigenvalue weighted by atomic mass is 32.2. The lowest BCUT2D eigenvalue weighted by Crippen LogP contribution is -2.44. The third-order valence-corrected chi connectivity index (χ3v) is 4.82. The number of nitrogens with zero attached hydrogens (tertiary/aromatic N) is 3. The highest BCUT2D eigenvalue weighted by Crippen LogP contribution is 2.18. The third kappa shape index (κ3) is 4.75. The van der Waals surface area contributed by atoms with Gasteiger partial charge in [-0.3, -0.25) is 4.55 Å². The monoisotopic (exact) mass is 372 g/mol. The number of aromatic nitrogens is 2. The summed E-state index contributed by atoms with van der Waals surface area (Å²) in [6.07, 6.45) is 3.56. The van der Waals surface area contributed by atoms with E-state index < -0.39 is 10.1 Å². The molecule has 0 unspecified atom stereocenters. The maximum Gasteiger partial charge on any atom is 0.294 e. The Morgan fingerprint density at radius 2 is 1.58 bits per heavy atom. The molecule has 136 valence electrons. The van der Waals surface area contributed by atoms with Crippen LogP contribution in [0, 0.1) is 0 Å². The van der Waals surface area contributed by atoms with Gasteiger partial charge >= 0.3 is 0 Å². The van der Waals surface area contributed by atoms with Crippen LogP contribution < -0.4 is 10.2 Å². The Morgan fingerprint density at radius 3 is 2.23 bits per heavy atom. The average Bonchev–Trinajstić information content (AvgIpc) is 2.69.